The van der Waals surface area contributed by atoms with Crippen LogP contribution in [0.3, 0.4) is 0 Å². The van der Waals surface area contributed by atoms with Crippen LogP contribution in [0.25, 0.3) is 0 Å². The Labute approximate surface area is 212 Å². The number of hydrogen-bond acceptors (Lipinski definition) is 4. The van der Waals surface area contributed by atoms with E-state index in [1.165, 1.54) is 0 Å². The van der Waals surface area contributed by atoms with Crippen LogP contribution in [0, 0.1) is 19.8 Å². The zero-order valence-electron chi connectivity index (χ0n) is 23.8. The number of alkyl carbamates (subject to hydrolysis) is 1. The molecule has 0 saturated heterocycles. The van der Waals surface area contributed by atoms with Crippen LogP contribution in [-0.4, -0.2) is 46.0 Å². The van der Waals surface area contributed by atoms with Crippen LogP contribution >= 0.6 is 0 Å². The van der Waals surface area contributed by atoms with Crippen molar-refractivity contribution in [3.05, 3.63) is 34.9 Å². The molecular formula is C28H47N3O4. The maximum Gasteiger partial charge on any atom is 0.408 e. The lowest BCUT2D eigenvalue weighted by Crippen LogP contribution is -2.59. The summed E-state index contributed by atoms with van der Waals surface area (Å²) in [4.78, 5) is 42.2. The first kappa shape index (κ1) is 30.5. The fourth-order valence-corrected chi connectivity index (χ4v) is 4.16. The van der Waals surface area contributed by atoms with Crippen LogP contribution < -0.4 is 10.6 Å². The lowest BCUT2D eigenvalue weighted by Gasteiger charge is -2.44. The predicted octanol–water partition coefficient (Wildman–Crippen LogP) is 5.44. The van der Waals surface area contributed by atoms with Crippen LogP contribution in [0.4, 0.5) is 4.79 Å². The summed E-state index contributed by atoms with van der Waals surface area (Å²) in [5, 5.41) is 5.80. The van der Waals surface area contributed by atoms with Crippen molar-refractivity contribution in [3.8, 4) is 0 Å². The molecule has 0 saturated carbocycles. The van der Waals surface area contributed by atoms with Crippen LogP contribution in [0.1, 0.15) is 98.4 Å². The Morgan fingerprint density at radius 1 is 0.914 bits per heavy atom. The first-order chi connectivity index (χ1) is 15.8. The SMILES string of the molecule is Cc1cccc(C)c1C(C(=O)NC(C)C)N(C(=O)C(CC(C)C)NC(=O)OC(C)(C)C)C(C)(C)C. The molecule has 35 heavy (non-hydrogen) atoms. The van der Waals surface area contributed by atoms with E-state index in [0.717, 1.165) is 16.7 Å². The van der Waals surface area contributed by atoms with Gasteiger partial charge in [0.25, 0.3) is 0 Å². The topological polar surface area (TPSA) is 87.7 Å². The number of amides is 3. The molecule has 1 rings (SSSR count). The monoisotopic (exact) mass is 489 g/mol. The van der Waals surface area contributed by atoms with Gasteiger partial charge in [-0.15, -0.1) is 0 Å². The number of hydrogen-bond donors (Lipinski definition) is 2. The Hall–Kier alpha value is -2.57. The number of nitrogens with one attached hydrogen (secondary N) is 2. The maximum absolute atomic E-state index is 14.2. The van der Waals surface area contributed by atoms with Gasteiger partial charge in [-0.1, -0.05) is 32.0 Å². The summed E-state index contributed by atoms with van der Waals surface area (Å²) < 4.78 is 5.45. The zero-order chi connectivity index (χ0) is 27.3. The average Bonchev–Trinajstić information content (AvgIpc) is 2.62. The summed E-state index contributed by atoms with van der Waals surface area (Å²) >= 11 is 0. The summed E-state index contributed by atoms with van der Waals surface area (Å²) in [6, 6.07) is 4.05. The minimum absolute atomic E-state index is 0.0994. The average molecular weight is 490 g/mol. The van der Waals surface area contributed by atoms with E-state index >= 15 is 0 Å². The van der Waals surface area contributed by atoms with Gasteiger partial charge >= 0.3 is 6.09 Å². The molecule has 0 spiro atoms. The summed E-state index contributed by atoms with van der Waals surface area (Å²) in [5.74, 6) is -0.436. The van der Waals surface area contributed by atoms with E-state index in [9.17, 15) is 14.4 Å². The van der Waals surface area contributed by atoms with E-state index in [-0.39, 0.29) is 23.8 Å². The Morgan fingerprint density at radius 3 is 1.83 bits per heavy atom. The molecule has 3 amide bonds. The van der Waals surface area contributed by atoms with Gasteiger partial charge in [-0.3, -0.25) is 9.59 Å². The minimum Gasteiger partial charge on any atom is -0.444 e. The fraction of sp³-hybridized carbons (Fsp3) is 0.679. The number of carbonyl (C=O) groups excluding carboxylic acids is 3. The summed E-state index contributed by atoms with van der Waals surface area (Å²) in [7, 11) is 0. The first-order valence-electron chi connectivity index (χ1n) is 12.5. The van der Waals surface area contributed by atoms with Gasteiger partial charge < -0.3 is 20.3 Å². The molecule has 1 aromatic carbocycles. The molecule has 198 valence electrons. The Morgan fingerprint density at radius 2 is 1.43 bits per heavy atom. The highest BCUT2D eigenvalue weighted by Crippen LogP contribution is 2.34. The Kier molecular flexibility index (Phi) is 10.4. The summed E-state index contributed by atoms with van der Waals surface area (Å²) in [6.45, 7) is 22.8. The standard InChI is InChI=1S/C28H47N3O4/c1-17(2)16-21(30-26(34)35-28(10,11)12)25(33)31(27(7,8)9)23(24(32)29-18(3)4)22-19(5)14-13-15-20(22)6/h13-15,17-18,21,23H,16H2,1-12H3,(H,29,32)(H,30,34). The second-order valence-corrected chi connectivity index (χ2v) is 12.1. The van der Waals surface area contributed by atoms with Crippen LogP contribution in [0.5, 0.6) is 0 Å². The molecule has 7 nitrogen and oxygen atoms in total. The molecule has 0 aliphatic heterocycles. The number of ether oxygens (including phenoxy) is 1. The quantitative estimate of drug-likeness (QED) is 0.509. The van der Waals surface area contributed by atoms with E-state index in [4.69, 9.17) is 4.74 Å². The largest absolute Gasteiger partial charge is 0.444 e. The van der Waals surface area contributed by atoms with Gasteiger partial charge in [0.15, 0.2) is 0 Å². The van der Waals surface area contributed by atoms with Gasteiger partial charge in [0, 0.05) is 11.6 Å². The minimum atomic E-state index is -0.860. The third kappa shape index (κ3) is 9.19. The van der Waals surface area contributed by atoms with Gasteiger partial charge in [0.05, 0.1) is 0 Å². The number of benzene rings is 1. The second kappa shape index (κ2) is 11.9. The normalized spacial score (nSPS) is 13.9. The van der Waals surface area contributed by atoms with Crippen molar-refractivity contribution < 1.29 is 19.1 Å². The van der Waals surface area contributed by atoms with Gasteiger partial charge in [-0.2, -0.15) is 0 Å². The zero-order valence-corrected chi connectivity index (χ0v) is 23.8. The van der Waals surface area contributed by atoms with Crippen molar-refractivity contribution in [1.29, 1.82) is 0 Å². The van der Waals surface area contributed by atoms with Crippen molar-refractivity contribution in [2.45, 2.75) is 119 Å². The summed E-state index contributed by atoms with van der Waals surface area (Å²) in [5.41, 5.74) is 1.25. The molecule has 0 bridgehead atoms. The number of nitrogens with zero attached hydrogens (tertiary/aromatic N) is 1. The third-order valence-corrected chi connectivity index (χ3v) is 5.41. The molecule has 0 radical (unpaired) electrons. The van der Waals surface area contributed by atoms with Crippen molar-refractivity contribution in [2.75, 3.05) is 0 Å². The van der Waals surface area contributed by atoms with E-state index in [1.807, 2.05) is 80.5 Å². The molecule has 2 unspecified atom stereocenters. The van der Waals surface area contributed by atoms with Gasteiger partial charge in [0.1, 0.15) is 17.7 Å². The van der Waals surface area contributed by atoms with Crippen LogP contribution in [0.15, 0.2) is 18.2 Å². The molecule has 7 heteroatoms. The predicted molar refractivity (Wildman–Crippen MR) is 141 cm³/mol. The van der Waals surface area contributed by atoms with Gasteiger partial charge in [-0.05, 0) is 98.3 Å². The summed E-state index contributed by atoms with van der Waals surface area (Å²) in [6.07, 6.45) is -0.240. The first-order valence-corrected chi connectivity index (χ1v) is 12.5. The molecule has 0 aliphatic rings. The molecule has 2 N–H and O–H groups in total. The third-order valence-electron chi connectivity index (χ3n) is 5.41. The lowest BCUT2D eigenvalue weighted by atomic mass is 9.89. The molecule has 0 aromatic heterocycles. The lowest BCUT2D eigenvalue weighted by molar-refractivity contribution is -0.149. The molecule has 0 aliphatic carbocycles. The van der Waals surface area contributed by atoms with E-state index in [2.05, 4.69) is 10.6 Å². The van der Waals surface area contributed by atoms with Crippen molar-refractivity contribution in [3.63, 3.8) is 0 Å². The highest BCUT2D eigenvalue weighted by molar-refractivity contribution is 5.93. The van der Waals surface area contributed by atoms with Crippen LogP contribution in [0.2, 0.25) is 0 Å². The van der Waals surface area contributed by atoms with Crippen molar-refractivity contribution >= 4 is 17.9 Å². The van der Waals surface area contributed by atoms with Crippen LogP contribution in [-0.2, 0) is 14.3 Å². The van der Waals surface area contributed by atoms with Crippen molar-refractivity contribution in [1.82, 2.24) is 15.5 Å². The fourth-order valence-electron chi connectivity index (χ4n) is 4.16. The highest BCUT2D eigenvalue weighted by atomic mass is 16.6. The number of aryl methyl sites for hydroxylation is 2. The second-order valence-electron chi connectivity index (χ2n) is 12.1. The Balaban J connectivity index is 3.67. The molecule has 2 atom stereocenters. The highest BCUT2D eigenvalue weighted by Gasteiger charge is 2.43. The maximum atomic E-state index is 14.2. The molecular weight excluding hydrogens is 442 g/mol. The van der Waals surface area contributed by atoms with Crippen molar-refractivity contribution in [2.24, 2.45) is 5.92 Å². The van der Waals surface area contributed by atoms with E-state index in [0.29, 0.717) is 6.42 Å². The number of carbonyl (C=O) groups is 3. The van der Waals surface area contributed by atoms with Gasteiger partial charge in [-0.25, -0.2) is 4.79 Å². The number of rotatable bonds is 8. The Bertz CT molecular complexity index is 874. The smallest absolute Gasteiger partial charge is 0.408 e. The van der Waals surface area contributed by atoms with Gasteiger partial charge in [0.2, 0.25) is 11.8 Å². The van der Waals surface area contributed by atoms with E-state index < -0.39 is 29.3 Å². The van der Waals surface area contributed by atoms with E-state index in [1.54, 1.807) is 25.7 Å². The molecule has 1 aromatic rings. The molecule has 0 fully saturated rings. The molecule has 0 heterocycles.